The summed E-state index contributed by atoms with van der Waals surface area (Å²) < 4.78 is 37.5. The van der Waals surface area contributed by atoms with E-state index in [1.165, 1.54) is 7.05 Å². The van der Waals surface area contributed by atoms with Crippen LogP contribution in [0.5, 0.6) is 11.5 Å². The van der Waals surface area contributed by atoms with Crippen molar-refractivity contribution in [3.8, 4) is 11.5 Å². The van der Waals surface area contributed by atoms with E-state index in [1.807, 2.05) is 24.3 Å². The van der Waals surface area contributed by atoms with E-state index in [2.05, 4.69) is 5.32 Å². The van der Waals surface area contributed by atoms with Crippen LogP contribution in [0.4, 0.5) is 0 Å². The standard InChI is InChI=1S/C23H26N2O5S/c1-17(16-30-21-11-9-20(29-3)10-12-21)24-23(26)15-25(2)31(27,28)22-13-8-18-6-4-5-7-19(18)14-22/h4-14,17H,15-16H2,1-3H3,(H,24,26)/t17-/m0/s1. The number of nitrogens with one attached hydrogen (secondary N) is 1. The van der Waals surface area contributed by atoms with Gasteiger partial charge in [-0.15, -0.1) is 0 Å². The molecule has 0 aromatic heterocycles. The van der Waals surface area contributed by atoms with Gasteiger partial charge in [0.05, 0.1) is 24.6 Å². The molecule has 0 radical (unpaired) electrons. The highest BCUT2D eigenvalue weighted by atomic mass is 32.2. The Labute approximate surface area is 182 Å². The summed E-state index contributed by atoms with van der Waals surface area (Å²) in [5, 5.41) is 4.54. The lowest BCUT2D eigenvalue weighted by Gasteiger charge is -2.20. The van der Waals surface area contributed by atoms with Crippen LogP contribution in [0.3, 0.4) is 0 Å². The highest BCUT2D eigenvalue weighted by Gasteiger charge is 2.23. The van der Waals surface area contributed by atoms with Crippen LogP contribution in [0, 0.1) is 0 Å². The van der Waals surface area contributed by atoms with Crippen molar-refractivity contribution in [3.63, 3.8) is 0 Å². The number of nitrogens with zero attached hydrogens (tertiary/aromatic N) is 1. The molecular formula is C23H26N2O5S. The zero-order valence-corrected chi connectivity index (χ0v) is 18.6. The molecule has 8 heteroatoms. The first-order valence-electron chi connectivity index (χ1n) is 9.81. The molecule has 1 atom stereocenters. The highest BCUT2D eigenvalue weighted by Crippen LogP contribution is 2.21. The minimum atomic E-state index is -3.79. The fourth-order valence-corrected chi connectivity index (χ4v) is 4.21. The van der Waals surface area contributed by atoms with Crippen molar-refractivity contribution in [1.82, 2.24) is 9.62 Å². The third kappa shape index (κ3) is 5.74. The van der Waals surface area contributed by atoms with Crippen LogP contribution >= 0.6 is 0 Å². The van der Waals surface area contributed by atoms with Crippen LogP contribution in [-0.2, 0) is 14.8 Å². The van der Waals surface area contributed by atoms with E-state index in [0.717, 1.165) is 20.8 Å². The van der Waals surface area contributed by atoms with Gasteiger partial charge in [-0.05, 0) is 54.1 Å². The Hall–Kier alpha value is -3.10. The molecule has 164 valence electrons. The van der Waals surface area contributed by atoms with E-state index in [1.54, 1.807) is 56.5 Å². The van der Waals surface area contributed by atoms with Crippen molar-refractivity contribution in [1.29, 1.82) is 0 Å². The van der Waals surface area contributed by atoms with Gasteiger partial charge in [0, 0.05) is 7.05 Å². The first kappa shape index (κ1) is 22.6. The minimum Gasteiger partial charge on any atom is -0.497 e. The van der Waals surface area contributed by atoms with Crippen LogP contribution in [0.1, 0.15) is 6.92 Å². The Kier molecular flexibility index (Phi) is 7.14. The van der Waals surface area contributed by atoms with Crippen molar-refractivity contribution >= 4 is 26.7 Å². The van der Waals surface area contributed by atoms with E-state index < -0.39 is 15.9 Å². The predicted octanol–water partition coefficient (Wildman–Crippen LogP) is 3.05. The molecule has 7 nitrogen and oxygen atoms in total. The average molecular weight is 443 g/mol. The maximum atomic E-state index is 12.9. The van der Waals surface area contributed by atoms with Crippen LogP contribution < -0.4 is 14.8 Å². The van der Waals surface area contributed by atoms with Gasteiger partial charge in [-0.2, -0.15) is 4.31 Å². The molecule has 0 spiro atoms. The molecule has 0 saturated carbocycles. The number of fused-ring (bicyclic) bond motifs is 1. The number of hydrogen-bond donors (Lipinski definition) is 1. The van der Waals surface area contributed by atoms with Crippen molar-refractivity contribution in [2.75, 3.05) is 27.3 Å². The predicted molar refractivity (Wildman–Crippen MR) is 120 cm³/mol. The second-order valence-electron chi connectivity index (χ2n) is 7.23. The highest BCUT2D eigenvalue weighted by molar-refractivity contribution is 7.89. The number of carbonyl (C=O) groups excluding carboxylic acids is 1. The number of benzene rings is 3. The zero-order chi connectivity index (χ0) is 22.4. The maximum absolute atomic E-state index is 12.9. The summed E-state index contributed by atoms with van der Waals surface area (Å²) in [5.74, 6) is 0.972. The maximum Gasteiger partial charge on any atom is 0.243 e. The number of rotatable bonds is 9. The lowest BCUT2D eigenvalue weighted by Crippen LogP contribution is -2.43. The molecule has 1 N–H and O–H groups in total. The van der Waals surface area contributed by atoms with Gasteiger partial charge in [-0.25, -0.2) is 8.42 Å². The number of likely N-dealkylation sites (N-methyl/N-ethyl adjacent to an activating group) is 1. The second-order valence-corrected chi connectivity index (χ2v) is 9.27. The largest absolute Gasteiger partial charge is 0.497 e. The van der Waals surface area contributed by atoms with Gasteiger partial charge in [0.25, 0.3) is 0 Å². The van der Waals surface area contributed by atoms with Crippen LogP contribution in [0.25, 0.3) is 10.8 Å². The molecule has 31 heavy (non-hydrogen) atoms. The molecule has 0 aliphatic rings. The van der Waals surface area contributed by atoms with Gasteiger partial charge in [-0.3, -0.25) is 4.79 Å². The Bertz CT molecular complexity index is 1150. The average Bonchev–Trinajstić information content (AvgIpc) is 2.77. The first-order chi connectivity index (χ1) is 14.8. The van der Waals surface area contributed by atoms with E-state index >= 15 is 0 Å². The number of sulfonamides is 1. The van der Waals surface area contributed by atoms with E-state index in [0.29, 0.717) is 5.75 Å². The summed E-state index contributed by atoms with van der Waals surface area (Å²) in [7, 11) is -0.814. The van der Waals surface area contributed by atoms with Gasteiger partial charge in [-0.1, -0.05) is 30.3 Å². The topological polar surface area (TPSA) is 84.9 Å². The fourth-order valence-electron chi connectivity index (χ4n) is 3.05. The van der Waals surface area contributed by atoms with Gasteiger partial charge >= 0.3 is 0 Å². The normalized spacial score (nSPS) is 12.5. The third-order valence-corrected chi connectivity index (χ3v) is 6.56. The number of amides is 1. The molecule has 3 aromatic carbocycles. The number of methoxy groups -OCH3 is 1. The van der Waals surface area contributed by atoms with Gasteiger partial charge in [0.1, 0.15) is 18.1 Å². The molecule has 0 fully saturated rings. The quantitative estimate of drug-likeness (QED) is 0.551. The van der Waals surface area contributed by atoms with Crippen LogP contribution in [0.2, 0.25) is 0 Å². The monoisotopic (exact) mass is 442 g/mol. The molecule has 3 rings (SSSR count). The second kappa shape index (κ2) is 9.80. The summed E-state index contributed by atoms with van der Waals surface area (Å²) in [4.78, 5) is 12.5. The lowest BCUT2D eigenvalue weighted by atomic mass is 10.1. The summed E-state index contributed by atoms with van der Waals surface area (Å²) in [5.41, 5.74) is 0. The summed E-state index contributed by atoms with van der Waals surface area (Å²) in [6.07, 6.45) is 0. The van der Waals surface area contributed by atoms with Crippen LogP contribution in [0.15, 0.2) is 71.6 Å². The molecule has 1 amide bonds. The van der Waals surface area contributed by atoms with E-state index in [9.17, 15) is 13.2 Å². The van der Waals surface area contributed by atoms with Gasteiger partial charge in [0.2, 0.25) is 15.9 Å². The van der Waals surface area contributed by atoms with Crippen molar-refractivity contribution < 1.29 is 22.7 Å². The van der Waals surface area contributed by atoms with Crippen molar-refractivity contribution in [2.24, 2.45) is 0 Å². The minimum absolute atomic E-state index is 0.150. The summed E-state index contributed by atoms with van der Waals surface area (Å²) in [6, 6.07) is 19.3. The smallest absolute Gasteiger partial charge is 0.243 e. The molecular weight excluding hydrogens is 416 g/mol. The van der Waals surface area contributed by atoms with Gasteiger partial charge in [0.15, 0.2) is 0 Å². The molecule has 3 aromatic rings. The Balaban J connectivity index is 1.55. The summed E-state index contributed by atoms with van der Waals surface area (Å²) in [6.45, 7) is 1.75. The molecule has 0 bridgehead atoms. The summed E-state index contributed by atoms with van der Waals surface area (Å²) >= 11 is 0. The van der Waals surface area contributed by atoms with Crippen LogP contribution in [-0.4, -0.2) is 52.0 Å². The van der Waals surface area contributed by atoms with E-state index in [-0.39, 0.29) is 24.1 Å². The molecule has 0 saturated heterocycles. The van der Waals surface area contributed by atoms with Gasteiger partial charge < -0.3 is 14.8 Å². The number of hydrogen-bond acceptors (Lipinski definition) is 5. The van der Waals surface area contributed by atoms with E-state index in [4.69, 9.17) is 9.47 Å². The first-order valence-corrected chi connectivity index (χ1v) is 11.2. The molecule has 0 aliphatic carbocycles. The number of carbonyl (C=O) groups is 1. The van der Waals surface area contributed by atoms with Crippen molar-refractivity contribution in [2.45, 2.75) is 17.9 Å². The Morgan fingerprint density at radius 2 is 1.65 bits per heavy atom. The lowest BCUT2D eigenvalue weighted by molar-refractivity contribution is -0.121. The van der Waals surface area contributed by atoms with Crippen molar-refractivity contribution in [3.05, 3.63) is 66.7 Å². The molecule has 0 aliphatic heterocycles. The number of ether oxygens (including phenoxy) is 2. The zero-order valence-electron chi connectivity index (χ0n) is 17.7. The SMILES string of the molecule is COc1ccc(OC[C@H](C)NC(=O)CN(C)S(=O)(=O)c2ccc3ccccc3c2)cc1. The Morgan fingerprint density at radius 3 is 2.32 bits per heavy atom. The fraction of sp³-hybridized carbons (Fsp3) is 0.261. The third-order valence-electron chi connectivity index (χ3n) is 4.76. The molecule has 0 heterocycles. The molecule has 0 unspecified atom stereocenters. The Morgan fingerprint density at radius 1 is 1.00 bits per heavy atom.